The Morgan fingerprint density at radius 3 is 3.04 bits per heavy atom. The van der Waals surface area contributed by atoms with Gasteiger partial charge in [-0.25, -0.2) is 4.98 Å². The van der Waals surface area contributed by atoms with Crippen molar-refractivity contribution in [2.75, 3.05) is 31.6 Å². The molecular formula is C19H26N4O3. The number of hydrogen-bond acceptors (Lipinski definition) is 6. The average molecular weight is 358 g/mol. The first-order chi connectivity index (χ1) is 12.6. The minimum atomic E-state index is -0.127. The van der Waals surface area contributed by atoms with Gasteiger partial charge in [0.25, 0.3) is 5.56 Å². The lowest BCUT2D eigenvalue weighted by Crippen LogP contribution is -2.45. The number of nitrogens with one attached hydrogen (secondary N) is 1. The van der Waals surface area contributed by atoms with Crippen molar-refractivity contribution in [3.63, 3.8) is 0 Å². The summed E-state index contributed by atoms with van der Waals surface area (Å²) in [6.07, 6.45) is 4.53. The zero-order chi connectivity index (χ0) is 18.1. The molecule has 1 aliphatic carbocycles. The fourth-order valence-corrected chi connectivity index (χ4v) is 3.49. The van der Waals surface area contributed by atoms with Crippen LogP contribution in [-0.4, -0.2) is 46.8 Å². The summed E-state index contributed by atoms with van der Waals surface area (Å²) in [5.41, 5.74) is -0.127. The minimum absolute atomic E-state index is 0.0216. The Hall–Kier alpha value is -2.12. The van der Waals surface area contributed by atoms with Crippen LogP contribution in [0.15, 0.2) is 33.7 Å². The van der Waals surface area contributed by atoms with E-state index in [0.29, 0.717) is 24.9 Å². The first kappa shape index (κ1) is 17.3. The molecule has 26 heavy (non-hydrogen) atoms. The Kier molecular flexibility index (Phi) is 4.82. The van der Waals surface area contributed by atoms with Gasteiger partial charge >= 0.3 is 0 Å². The summed E-state index contributed by atoms with van der Waals surface area (Å²) in [6, 6.07) is 4.22. The second-order valence-corrected chi connectivity index (χ2v) is 7.42. The molecular weight excluding hydrogens is 332 g/mol. The molecule has 0 aromatic carbocycles. The minimum Gasteiger partial charge on any atom is -0.464 e. The molecule has 7 heteroatoms. The van der Waals surface area contributed by atoms with E-state index in [-0.39, 0.29) is 11.7 Å². The van der Waals surface area contributed by atoms with E-state index in [9.17, 15) is 4.79 Å². The molecule has 1 saturated heterocycles. The summed E-state index contributed by atoms with van der Waals surface area (Å²) >= 11 is 0. The monoisotopic (exact) mass is 358 g/mol. The first-order valence-electron chi connectivity index (χ1n) is 9.28. The van der Waals surface area contributed by atoms with Gasteiger partial charge < -0.3 is 19.0 Å². The Morgan fingerprint density at radius 2 is 2.23 bits per heavy atom. The number of aromatic nitrogens is 2. The van der Waals surface area contributed by atoms with E-state index in [1.54, 1.807) is 19.4 Å². The molecule has 3 unspecified atom stereocenters. The summed E-state index contributed by atoms with van der Waals surface area (Å²) in [6.45, 7) is 5.99. The van der Waals surface area contributed by atoms with Gasteiger partial charge in [-0.1, -0.05) is 6.92 Å². The van der Waals surface area contributed by atoms with Gasteiger partial charge in [0.15, 0.2) is 5.82 Å². The topological polar surface area (TPSA) is 72.5 Å². The van der Waals surface area contributed by atoms with E-state index in [4.69, 9.17) is 9.15 Å². The molecule has 2 aromatic heterocycles. The van der Waals surface area contributed by atoms with Crippen molar-refractivity contribution in [2.45, 2.75) is 31.9 Å². The van der Waals surface area contributed by atoms with Crippen LogP contribution in [0.4, 0.5) is 5.82 Å². The Labute approximate surface area is 153 Å². The van der Waals surface area contributed by atoms with Crippen molar-refractivity contribution >= 4 is 5.82 Å². The lowest BCUT2D eigenvalue weighted by molar-refractivity contribution is -0.0260. The molecule has 4 rings (SSSR count). The normalized spacial score (nSPS) is 26.0. The van der Waals surface area contributed by atoms with E-state index < -0.39 is 0 Å². The second-order valence-electron chi connectivity index (χ2n) is 7.42. The number of aryl methyl sites for hydroxylation is 1. The molecule has 3 heterocycles. The van der Waals surface area contributed by atoms with Crippen LogP contribution in [0, 0.1) is 5.92 Å². The highest BCUT2D eigenvalue weighted by Gasteiger charge is 2.36. The van der Waals surface area contributed by atoms with Crippen molar-refractivity contribution in [1.82, 2.24) is 14.5 Å². The van der Waals surface area contributed by atoms with Gasteiger partial charge in [0.1, 0.15) is 11.5 Å². The zero-order valence-electron chi connectivity index (χ0n) is 15.4. The Morgan fingerprint density at radius 1 is 1.38 bits per heavy atom. The highest BCUT2D eigenvalue weighted by atomic mass is 16.5. The summed E-state index contributed by atoms with van der Waals surface area (Å²) < 4.78 is 13.4. The average Bonchev–Trinajstić information content (AvgIpc) is 3.18. The van der Waals surface area contributed by atoms with E-state index >= 15 is 0 Å². The summed E-state index contributed by atoms with van der Waals surface area (Å²) in [7, 11) is 1.72. The predicted octanol–water partition coefficient (Wildman–Crippen LogP) is 1.81. The molecule has 7 nitrogen and oxygen atoms in total. The molecule has 3 atom stereocenters. The lowest BCUT2D eigenvalue weighted by Gasteiger charge is -2.32. The molecule has 140 valence electrons. The number of ether oxygens (including phenoxy) is 1. The molecule has 2 aliphatic rings. The van der Waals surface area contributed by atoms with Crippen molar-refractivity contribution in [1.29, 1.82) is 0 Å². The third-order valence-electron chi connectivity index (χ3n) is 5.27. The molecule has 2 fully saturated rings. The fourth-order valence-electron chi connectivity index (χ4n) is 3.49. The molecule has 1 N–H and O–H groups in total. The van der Waals surface area contributed by atoms with Gasteiger partial charge in [0.2, 0.25) is 0 Å². The summed E-state index contributed by atoms with van der Waals surface area (Å²) in [5, 5.41) is 3.12. The van der Waals surface area contributed by atoms with E-state index in [1.807, 2.05) is 0 Å². The van der Waals surface area contributed by atoms with Gasteiger partial charge in [-0.2, -0.15) is 0 Å². The van der Waals surface area contributed by atoms with Crippen LogP contribution >= 0.6 is 0 Å². The molecule has 1 aliphatic heterocycles. The van der Waals surface area contributed by atoms with Crippen LogP contribution in [-0.2, 0) is 18.3 Å². The van der Waals surface area contributed by atoms with Crippen LogP contribution in [0.5, 0.6) is 0 Å². The molecule has 0 radical (unpaired) electrons. The highest BCUT2D eigenvalue weighted by Crippen LogP contribution is 2.47. The molecule has 0 bridgehead atoms. The van der Waals surface area contributed by atoms with Crippen LogP contribution in [0.3, 0.4) is 0 Å². The predicted molar refractivity (Wildman–Crippen MR) is 98.2 cm³/mol. The smallest absolute Gasteiger partial charge is 0.293 e. The molecule has 2 aromatic rings. The molecule has 0 amide bonds. The zero-order valence-corrected chi connectivity index (χ0v) is 15.4. The third kappa shape index (κ3) is 3.83. The van der Waals surface area contributed by atoms with Crippen LogP contribution in [0.2, 0.25) is 0 Å². The van der Waals surface area contributed by atoms with Gasteiger partial charge in [-0.3, -0.25) is 9.69 Å². The van der Waals surface area contributed by atoms with Crippen molar-refractivity contribution < 1.29 is 9.15 Å². The number of nitrogens with zero attached hydrogens (tertiary/aromatic N) is 3. The van der Waals surface area contributed by atoms with Gasteiger partial charge in [-0.15, -0.1) is 0 Å². The van der Waals surface area contributed by atoms with Crippen LogP contribution in [0.1, 0.15) is 30.8 Å². The molecule has 1 saturated carbocycles. The standard InChI is InChI=1S/C19H26N4O3/c1-13-9-16(13)17-4-3-14(26-17)11-23-7-8-25-15(12-23)10-21-18-19(24)22(2)6-5-20-18/h3-6,13,15-16H,7-12H2,1-2H3,(H,20,21). The van der Waals surface area contributed by atoms with Crippen LogP contribution in [0.25, 0.3) is 0 Å². The van der Waals surface area contributed by atoms with Crippen molar-refractivity contribution in [3.8, 4) is 0 Å². The number of anilines is 1. The van der Waals surface area contributed by atoms with Gasteiger partial charge in [0, 0.05) is 45.0 Å². The van der Waals surface area contributed by atoms with Gasteiger partial charge in [-0.05, 0) is 24.5 Å². The Balaban J connectivity index is 1.30. The lowest BCUT2D eigenvalue weighted by atomic mass is 10.2. The van der Waals surface area contributed by atoms with Crippen molar-refractivity contribution in [3.05, 3.63) is 46.4 Å². The number of furan rings is 1. The first-order valence-corrected chi connectivity index (χ1v) is 9.28. The fraction of sp³-hybridized carbons (Fsp3) is 0.579. The maximum atomic E-state index is 12.0. The van der Waals surface area contributed by atoms with E-state index in [2.05, 4.69) is 34.3 Å². The number of hydrogen-bond donors (Lipinski definition) is 1. The number of morpholine rings is 1. The summed E-state index contributed by atoms with van der Waals surface area (Å²) in [4.78, 5) is 18.5. The second kappa shape index (κ2) is 7.25. The third-order valence-corrected chi connectivity index (χ3v) is 5.27. The largest absolute Gasteiger partial charge is 0.464 e. The SMILES string of the molecule is CC1CC1c1ccc(CN2CCOC(CNc3nccn(C)c3=O)C2)o1. The quantitative estimate of drug-likeness (QED) is 0.849. The number of rotatable bonds is 6. The van der Waals surface area contributed by atoms with E-state index in [0.717, 1.165) is 37.1 Å². The highest BCUT2D eigenvalue weighted by molar-refractivity contribution is 5.30. The van der Waals surface area contributed by atoms with Crippen LogP contribution < -0.4 is 10.9 Å². The Bertz CT molecular complexity index is 815. The maximum Gasteiger partial charge on any atom is 0.293 e. The summed E-state index contributed by atoms with van der Waals surface area (Å²) in [5.74, 6) is 3.89. The van der Waals surface area contributed by atoms with Gasteiger partial charge in [0.05, 0.1) is 19.3 Å². The van der Waals surface area contributed by atoms with Crippen molar-refractivity contribution in [2.24, 2.45) is 13.0 Å². The maximum absolute atomic E-state index is 12.0. The van der Waals surface area contributed by atoms with E-state index in [1.165, 1.54) is 11.0 Å². The molecule has 0 spiro atoms.